The van der Waals surface area contributed by atoms with Crippen molar-refractivity contribution in [1.29, 1.82) is 0 Å². The number of nitrogens with zero attached hydrogens (tertiary/aromatic N) is 8. The molecule has 0 bridgehead atoms. The van der Waals surface area contributed by atoms with E-state index in [-0.39, 0.29) is 5.92 Å². The fourth-order valence-corrected chi connectivity index (χ4v) is 1.99. The molecule has 21 heavy (non-hydrogen) atoms. The van der Waals surface area contributed by atoms with Gasteiger partial charge in [-0.05, 0) is 12.8 Å². The van der Waals surface area contributed by atoms with Gasteiger partial charge < -0.3 is 9.80 Å². The topological polar surface area (TPSA) is 67.9 Å². The van der Waals surface area contributed by atoms with Gasteiger partial charge in [-0.1, -0.05) is 13.8 Å². The molecule has 0 atom stereocenters. The van der Waals surface area contributed by atoms with Crippen LogP contribution in [-0.4, -0.2) is 57.7 Å². The number of hydrogen-bond acceptors (Lipinski definition) is 6. The average molecular weight is 292 g/mol. The molecule has 2 heterocycles. The second-order valence-corrected chi connectivity index (χ2v) is 6.02. The Kier molecular flexibility index (Phi) is 3.89. The minimum absolute atomic E-state index is 0.255. The zero-order valence-corrected chi connectivity index (χ0v) is 13.8. The average Bonchev–Trinajstić information content (AvgIpc) is 3.07. The fraction of sp³-hybridized carbons (Fsp3) is 0.692. The van der Waals surface area contributed by atoms with E-state index in [4.69, 9.17) is 0 Å². The molecule has 0 aliphatic rings. The van der Waals surface area contributed by atoms with Crippen molar-refractivity contribution in [3.63, 3.8) is 0 Å². The molecule has 0 amide bonds. The molecule has 0 saturated carbocycles. The molecule has 8 nitrogen and oxygen atoms in total. The molecule has 0 aromatic carbocycles. The zero-order chi connectivity index (χ0) is 15.8. The molecule has 0 fully saturated rings. The van der Waals surface area contributed by atoms with Gasteiger partial charge in [-0.3, -0.25) is 0 Å². The van der Waals surface area contributed by atoms with E-state index < -0.39 is 5.66 Å². The van der Waals surface area contributed by atoms with Gasteiger partial charge >= 0.3 is 0 Å². The highest BCUT2D eigenvalue weighted by molar-refractivity contribution is 5.25. The van der Waals surface area contributed by atoms with Crippen LogP contribution in [0.2, 0.25) is 0 Å². The Bertz CT molecular complexity index is 549. The number of anilines is 2. The maximum absolute atomic E-state index is 4.56. The summed E-state index contributed by atoms with van der Waals surface area (Å²) in [5.74, 6) is 1.61. The summed E-state index contributed by atoms with van der Waals surface area (Å²) < 4.78 is 3.70. The Balaban J connectivity index is 2.48. The number of rotatable bonds is 5. The van der Waals surface area contributed by atoms with E-state index in [1.165, 1.54) is 0 Å². The summed E-state index contributed by atoms with van der Waals surface area (Å²) in [4.78, 5) is 12.4. The number of hydrogen-bond donors (Lipinski definition) is 0. The fourth-order valence-electron chi connectivity index (χ4n) is 1.99. The van der Waals surface area contributed by atoms with Crippen LogP contribution in [0.5, 0.6) is 0 Å². The van der Waals surface area contributed by atoms with Crippen LogP contribution in [0, 0.1) is 5.92 Å². The summed E-state index contributed by atoms with van der Waals surface area (Å²) in [6.07, 6.45) is 3.48. The van der Waals surface area contributed by atoms with Gasteiger partial charge in [0, 0.05) is 28.2 Å². The maximum atomic E-state index is 4.56. The first-order valence-electron chi connectivity index (χ1n) is 6.95. The van der Waals surface area contributed by atoms with Crippen LogP contribution in [0.15, 0.2) is 12.7 Å². The van der Waals surface area contributed by atoms with Crippen LogP contribution >= 0.6 is 0 Å². The molecule has 2 aromatic heterocycles. The first kappa shape index (κ1) is 15.3. The van der Waals surface area contributed by atoms with Crippen molar-refractivity contribution >= 4 is 11.9 Å². The Hall–Kier alpha value is -2.12. The van der Waals surface area contributed by atoms with Gasteiger partial charge in [-0.15, -0.1) is 10.2 Å². The standard InChI is InChI=1S/C13H24N8/c1-10(2)13(3,20-8-14-11(16-20)18(4)5)21-9-15-12(17-21)19(6)7/h8-10H,1-7H3. The predicted molar refractivity (Wildman–Crippen MR) is 82.6 cm³/mol. The lowest BCUT2D eigenvalue weighted by Crippen LogP contribution is -2.44. The van der Waals surface area contributed by atoms with E-state index >= 15 is 0 Å². The molecule has 0 aliphatic heterocycles. The molecule has 0 saturated heterocycles. The van der Waals surface area contributed by atoms with Crippen molar-refractivity contribution in [1.82, 2.24) is 29.5 Å². The molecular formula is C13H24N8. The summed E-state index contributed by atoms with van der Waals surface area (Å²) >= 11 is 0. The highest BCUT2D eigenvalue weighted by Crippen LogP contribution is 2.27. The Labute approximate surface area is 125 Å². The SMILES string of the molecule is CC(C)C(C)(n1cnc(N(C)C)n1)n1cnc(N(C)C)n1. The van der Waals surface area contributed by atoms with Crippen LogP contribution in [0.4, 0.5) is 11.9 Å². The molecule has 0 unspecified atom stereocenters. The lowest BCUT2D eigenvalue weighted by Gasteiger charge is -2.33. The third-order valence-corrected chi connectivity index (χ3v) is 3.78. The lowest BCUT2D eigenvalue weighted by molar-refractivity contribution is 0.134. The van der Waals surface area contributed by atoms with Gasteiger partial charge in [0.15, 0.2) is 5.66 Å². The van der Waals surface area contributed by atoms with Crippen molar-refractivity contribution in [3.8, 4) is 0 Å². The van der Waals surface area contributed by atoms with Crippen molar-refractivity contribution in [2.45, 2.75) is 26.4 Å². The van der Waals surface area contributed by atoms with E-state index in [2.05, 4.69) is 40.9 Å². The smallest absolute Gasteiger partial charge is 0.244 e. The molecule has 2 aromatic rings. The largest absolute Gasteiger partial charge is 0.346 e. The van der Waals surface area contributed by atoms with Gasteiger partial charge in [0.1, 0.15) is 12.7 Å². The van der Waals surface area contributed by atoms with Crippen molar-refractivity contribution in [2.24, 2.45) is 5.92 Å². The molecule has 8 heteroatoms. The van der Waals surface area contributed by atoms with Crippen molar-refractivity contribution in [3.05, 3.63) is 12.7 Å². The van der Waals surface area contributed by atoms with Gasteiger partial charge in [-0.2, -0.15) is 0 Å². The Morgan fingerprint density at radius 1 is 0.905 bits per heavy atom. The quantitative estimate of drug-likeness (QED) is 0.815. The summed E-state index contributed by atoms with van der Waals surface area (Å²) in [6, 6.07) is 0. The van der Waals surface area contributed by atoms with E-state index in [9.17, 15) is 0 Å². The zero-order valence-electron chi connectivity index (χ0n) is 13.8. The molecule has 0 spiro atoms. The summed E-state index contributed by atoms with van der Waals surface area (Å²) in [6.45, 7) is 6.35. The molecule has 0 radical (unpaired) electrons. The van der Waals surface area contributed by atoms with E-state index in [0.717, 1.165) is 0 Å². The van der Waals surface area contributed by atoms with Crippen molar-refractivity contribution in [2.75, 3.05) is 38.0 Å². The summed E-state index contributed by atoms with van der Waals surface area (Å²) in [7, 11) is 7.69. The summed E-state index contributed by atoms with van der Waals surface area (Å²) in [5.41, 5.74) is -0.470. The van der Waals surface area contributed by atoms with Crippen molar-refractivity contribution < 1.29 is 0 Å². The Morgan fingerprint density at radius 3 is 1.52 bits per heavy atom. The lowest BCUT2D eigenvalue weighted by atomic mass is 9.99. The van der Waals surface area contributed by atoms with Gasteiger partial charge in [0.25, 0.3) is 0 Å². The van der Waals surface area contributed by atoms with E-state index in [1.54, 1.807) is 12.7 Å². The highest BCUT2D eigenvalue weighted by Gasteiger charge is 2.35. The molecular weight excluding hydrogens is 268 g/mol. The van der Waals surface area contributed by atoms with Gasteiger partial charge in [0.2, 0.25) is 11.9 Å². The molecule has 2 rings (SSSR count). The van der Waals surface area contributed by atoms with Crippen LogP contribution < -0.4 is 9.80 Å². The molecule has 0 N–H and O–H groups in total. The maximum Gasteiger partial charge on any atom is 0.244 e. The normalized spacial score (nSPS) is 12.0. The van der Waals surface area contributed by atoms with E-state index in [0.29, 0.717) is 11.9 Å². The minimum atomic E-state index is -0.470. The third kappa shape index (κ3) is 2.57. The molecule has 0 aliphatic carbocycles. The minimum Gasteiger partial charge on any atom is -0.346 e. The summed E-state index contributed by atoms with van der Waals surface area (Å²) in [5, 5.41) is 9.13. The number of aromatic nitrogens is 6. The Morgan fingerprint density at radius 2 is 1.29 bits per heavy atom. The monoisotopic (exact) mass is 292 g/mol. The van der Waals surface area contributed by atoms with Gasteiger partial charge in [0.05, 0.1) is 0 Å². The van der Waals surface area contributed by atoms with Crippen LogP contribution in [0.3, 0.4) is 0 Å². The second-order valence-electron chi connectivity index (χ2n) is 6.02. The first-order chi connectivity index (χ1) is 9.76. The highest BCUT2D eigenvalue weighted by atomic mass is 15.5. The van der Waals surface area contributed by atoms with Gasteiger partial charge in [-0.25, -0.2) is 19.3 Å². The molecule has 116 valence electrons. The van der Waals surface area contributed by atoms with Crippen LogP contribution in [0.1, 0.15) is 20.8 Å². The predicted octanol–water partition coefficient (Wildman–Crippen LogP) is 0.879. The third-order valence-electron chi connectivity index (χ3n) is 3.78. The first-order valence-corrected chi connectivity index (χ1v) is 6.95. The van der Waals surface area contributed by atoms with E-state index in [1.807, 2.05) is 47.4 Å². The van der Waals surface area contributed by atoms with Crippen LogP contribution in [0.25, 0.3) is 0 Å². The second kappa shape index (κ2) is 5.34. The van der Waals surface area contributed by atoms with Crippen LogP contribution in [-0.2, 0) is 5.66 Å².